The van der Waals surface area contributed by atoms with E-state index in [0.717, 1.165) is 0 Å². The molecule has 10 heteroatoms. The van der Waals surface area contributed by atoms with Gasteiger partial charge in [-0.2, -0.15) is 5.10 Å². The van der Waals surface area contributed by atoms with Crippen molar-refractivity contribution in [2.75, 3.05) is 38.6 Å². The van der Waals surface area contributed by atoms with Gasteiger partial charge in [0.2, 0.25) is 5.75 Å². The molecule has 0 aliphatic rings. The Hall–Kier alpha value is -3.43. The van der Waals surface area contributed by atoms with Gasteiger partial charge in [-0.25, -0.2) is 9.59 Å². The quantitative estimate of drug-likeness (QED) is 0.696. The van der Waals surface area contributed by atoms with E-state index in [-0.39, 0.29) is 18.0 Å². The van der Waals surface area contributed by atoms with Gasteiger partial charge in [0.1, 0.15) is 11.4 Å². The molecule has 0 fully saturated rings. The third-order valence-electron chi connectivity index (χ3n) is 3.86. The topological polar surface area (TPSA) is 113 Å². The molecule has 0 aliphatic heterocycles. The van der Waals surface area contributed by atoms with Crippen LogP contribution in [0.2, 0.25) is 0 Å². The largest absolute Gasteiger partial charge is 0.493 e. The summed E-state index contributed by atoms with van der Waals surface area (Å²) >= 11 is 0. The number of rotatable bonds is 7. The molecular weight excluding hydrogens is 368 g/mol. The lowest BCUT2D eigenvalue weighted by Crippen LogP contribution is -2.23. The molecule has 0 bridgehead atoms. The van der Waals surface area contributed by atoms with E-state index < -0.39 is 12.0 Å². The number of amides is 2. The third-order valence-corrected chi connectivity index (χ3v) is 3.86. The van der Waals surface area contributed by atoms with Crippen LogP contribution in [-0.4, -0.2) is 49.7 Å². The Morgan fingerprint density at radius 3 is 2.18 bits per heavy atom. The SMILES string of the molecule is CCOC(=O)c1c(C)nn(C)c1NC(=O)Nc1cc(OC)c(OC)c(OC)c1. The molecule has 2 aromatic rings. The molecule has 0 spiro atoms. The summed E-state index contributed by atoms with van der Waals surface area (Å²) in [5.41, 5.74) is 1.05. The van der Waals surface area contributed by atoms with Crippen LogP contribution in [0.4, 0.5) is 16.3 Å². The second kappa shape index (κ2) is 8.98. The molecule has 1 heterocycles. The number of hydrogen-bond donors (Lipinski definition) is 2. The highest BCUT2D eigenvalue weighted by Gasteiger charge is 2.23. The van der Waals surface area contributed by atoms with Crippen molar-refractivity contribution in [3.8, 4) is 17.2 Å². The third kappa shape index (κ3) is 4.27. The van der Waals surface area contributed by atoms with Crippen molar-refractivity contribution in [2.24, 2.45) is 7.05 Å². The van der Waals surface area contributed by atoms with Gasteiger partial charge in [-0.3, -0.25) is 10.00 Å². The van der Waals surface area contributed by atoms with Crippen LogP contribution in [0, 0.1) is 6.92 Å². The van der Waals surface area contributed by atoms with E-state index in [1.807, 2.05) is 0 Å². The number of benzene rings is 1. The molecule has 0 saturated carbocycles. The van der Waals surface area contributed by atoms with E-state index in [2.05, 4.69) is 15.7 Å². The van der Waals surface area contributed by atoms with Crippen LogP contribution in [0.25, 0.3) is 0 Å². The lowest BCUT2D eigenvalue weighted by molar-refractivity contribution is 0.0526. The Kier molecular flexibility index (Phi) is 6.69. The minimum absolute atomic E-state index is 0.199. The fourth-order valence-corrected chi connectivity index (χ4v) is 2.67. The van der Waals surface area contributed by atoms with Gasteiger partial charge >= 0.3 is 12.0 Å². The van der Waals surface area contributed by atoms with Gasteiger partial charge in [0.05, 0.1) is 39.3 Å². The molecule has 0 unspecified atom stereocenters. The maximum Gasteiger partial charge on any atom is 0.343 e. The number of aromatic nitrogens is 2. The number of carbonyl (C=O) groups excluding carboxylic acids is 2. The summed E-state index contributed by atoms with van der Waals surface area (Å²) in [5.74, 6) is 0.848. The zero-order chi connectivity index (χ0) is 20.8. The Labute approximate surface area is 162 Å². The van der Waals surface area contributed by atoms with Gasteiger partial charge in [-0.05, 0) is 13.8 Å². The zero-order valence-corrected chi connectivity index (χ0v) is 16.7. The van der Waals surface area contributed by atoms with Crippen LogP contribution in [0.5, 0.6) is 17.2 Å². The first-order valence-electron chi connectivity index (χ1n) is 8.44. The van der Waals surface area contributed by atoms with Gasteiger partial charge in [-0.1, -0.05) is 0 Å². The Balaban J connectivity index is 2.27. The Morgan fingerprint density at radius 2 is 1.68 bits per heavy atom. The van der Waals surface area contributed by atoms with Gasteiger partial charge in [0.25, 0.3) is 0 Å². The van der Waals surface area contributed by atoms with Crippen molar-refractivity contribution in [1.29, 1.82) is 0 Å². The number of nitrogens with zero attached hydrogens (tertiary/aromatic N) is 2. The van der Waals surface area contributed by atoms with Crippen molar-refractivity contribution >= 4 is 23.5 Å². The van der Waals surface area contributed by atoms with Crippen molar-refractivity contribution in [3.63, 3.8) is 0 Å². The molecule has 0 saturated heterocycles. The summed E-state index contributed by atoms with van der Waals surface area (Å²) < 4.78 is 22.2. The molecule has 2 amide bonds. The lowest BCUT2D eigenvalue weighted by atomic mass is 10.2. The monoisotopic (exact) mass is 392 g/mol. The first-order chi connectivity index (χ1) is 13.4. The maximum atomic E-state index is 12.5. The Bertz CT molecular complexity index is 852. The molecule has 28 heavy (non-hydrogen) atoms. The van der Waals surface area contributed by atoms with Crippen LogP contribution < -0.4 is 24.8 Å². The number of urea groups is 1. The first kappa shape index (κ1) is 20.9. The highest BCUT2D eigenvalue weighted by Crippen LogP contribution is 2.39. The van der Waals surface area contributed by atoms with Crippen LogP contribution >= 0.6 is 0 Å². The summed E-state index contributed by atoms with van der Waals surface area (Å²) in [7, 11) is 6.06. The molecular formula is C18H24N4O6. The second-order valence-electron chi connectivity index (χ2n) is 5.65. The molecule has 1 aromatic heterocycles. The highest BCUT2D eigenvalue weighted by atomic mass is 16.5. The zero-order valence-electron chi connectivity index (χ0n) is 16.7. The number of hydrogen-bond acceptors (Lipinski definition) is 7. The predicted octanol–water partition coefficient (Wildman–Crippen LogP) is 2.58. The normalized spacial score (nSPS) is 10.2. The number of esters is 1. The predicted molar refractivity (Wildman–Crippen MR) is 103 cm³/mol. The molecule has 0 radical (unpaired) electrons. The van der Waals surface area contributed by atoms with E-state index in [1.54, 1.807) is 33.0 Å². The van der Waals surface area contributed by atoms with Gasteiger partial charge < -0.3 is 24.3 Å². The lowest BCUT2D eigenvalue weighted by Gasteiger charge is -2.15. The molecule has 152 valence electrons. The van der Waals surface area contributed by atoms with Crippen molar-refractivity contribution in [2.45, 2.75) is 13.8 Å². The first-order valence-corrected chi connectivity index (χ1v) is 8.44. The number of anilines is 2. The van der Waals surface area contributed by atoms with Crippen LogP contribution in [0.1, 0.15) is 23.0 Å². The van der Waals surface area contributed by atoms with Crippen molar-refractivity contribution < 1.29 is 28.5 Å². The Morgan fingerprint density at radius 1 is 1.07 bits per heavy atom. The summed E-state index contributed by atoms with van der Waals surface area (Å²) in [6, 6.07) is 2.59. The molecule has 10 nitrogen and oxygen atoms in total. The number of methoxy groups -OCH3 is 3. The standard InChI is InChI=1S/C18H24N4O6/c1-7-28-17(23)14-10(2)21-22(3)16(14)20-18(24)19-11-8-12(25-4)15(27-6)13(9-11)26-5/h8-9H,7H2,1-6H3,(H2,19,20,24). The summed E-state index contributed by atoms with van der Waals surface area (Å²) in [4.78, 5) is 24.7. The van der Waals surface area contributed by atoms with E-state index in [1.165, 1.54) is 26.0 Å². The number of nitrogens with one attached hydrogen (secondary N) is 2. The van der Waals surface area contributed by atoms with Crippen LogP contribution in [0.15, 0.2) is 12.1 Å². The fourth-order valence-electron chi connectivity index (χ4n) is 2.67. The van der Waals surface area contributed by atoms with Gasteiger partial charge in [0.15, 0.2) is 11.5 Å². The minimum Gasteiger partial charge on any atom is -0.493 e. The van der Waals surface area contributed by atoms with E-state index in [9.17, 15) is 9.59 Å². The molecule has 2 N–H and O–H groups in total. The van der Waals surface area contributed by atoms with Gasteiger partial charge in [-0.15, -0.1) is 0 Å². The van der Waals surface area contributed by atoms with E-state index in [4.69, 9.17) is 18.9 Å². The van der Waals surface area contributed by atoms with Crippen molar-refractivity contribution in [1.82, 2.24) is 9.78 Å². The second-order valence-corrected chi connectivity index (χ2v) is 5.65. The van der Waals surface area contributed by atoms with Gasteiger partial charge in [0, 0.05) is 19.2 Å². The minimum atomic E-state index is -0.581. The molecule has 0 aliphatic carbocycles. The van der Waals surface area contributed by atoms with E-state index in [0.29, 0.717) is 28.6 Å². The van der Waals surface area contributed by atoms with E-state index >= 15 is 0 Å². The average molecular weight is 392 g/mol. The molecule has 2 rings (SSSR count). The maximum absolute atomic E-state index is 12.5. The van der Waals surface area contributed by atoms with Crippen LogP contribution in [-0.2, 0) is 11.8 Å². The van der Waals surface area contributed by atoms with Crippen molar-refractivity contribution in [3.05, 3.63) is 23.4 Å². The number of ether oxygens (including phenoxy) is 4. The smallest absolute Gasteiger partial charge is 0.343 e. The molecule has 0 atom stereocenters. The number of aryl methyl sites for hydroxylation is 2. The highest BCUT2D eigenvalue weighted by molar-refractivity contribution is 6.05. The summed E-state index contributed by atoms with van der Waals surface area (Å²) in [6.45, 7) is 3.58. The summed E-state index contributed by atoms with van der Waals surface area (Å²) in [6.07, 6.45) is 0. The number of carbonyl (C=O) groups is 2. The summed E-state index contributed by atoms with van der Waals surface area (Å²) in [5, 5.41) is 9.46. The average Bonchev–Trinajstić information content (AvgIpc) is 2.93. The molecule has 1 aromatic carbocycles. The fraction of sp³-hybridized carbons (Fsp3) is 0.389. The van der Waals surface area contributed by atoms with Crippen LogP contribution in [0.3, 0.4) is 0 Å².